The van der Waals surface area contributed by atoms with Crippen LogP contribution in [0.4, 0.5) is 0 Å². The third kappa shape index (κ3) is 4.11. The van der Waals surface area contributed by atoms with Gasteiger partial charge in [-0.25, -0.2) is 4.98 Å². The van der Waals surface area contributed by atoms with Crippen molar-refractivity contribution in [2.24, 2.45) is 0 Å². The number of benzene rings is 1. The molecular weight excluding hydrogens is 361 g/mol. The van der Waals surface area contributed by atoms with Crippen LogP contribution in [-0.2, 0) is 11.3 Å². The van der Waals surface area contributed by atoms with Crippen LogP contribution in [0.5, 0.6) is 0 Å². The first-order valence-electron chi connectivity index (χ1n) is 7.91. The number of pyridine rings is 1. The van der Waals surface area contributed by atoms with E-state index in [9.17, 15) is 9.59 Å². The summed E-state index contributed by atoms with van der Waals surface area (Å²) in [5.74, 6) is -0.301. The van der Waals surface area contributed by atoms with Gasteiger partial charge in [-0.2, -0.15) is 0 Å². The van der Waals surface area contributed by atoms with Crippen molar-refractivity contribution in [1.82, 2.24) is 15.2 Å². The molecule has 2 amide bonds. The van der Waals surface area contributed by atoms with Crippen LogP contribution in [0.15, 0.2) is 42.5 Å². The van der Waals surface area contributed by atoms with Crippen molar-refractivity contribution < 1.29 is 9.59 Å². The Morgan fingerprint density at radius 1 is 1.24 bits per heavy atom. The molecule has 1 fully saturated rings. The molecule has 1 N–H and O–H groups in total. The van der Waals surface area contributed by atoms with Gasteiger partial charge in [0.05, 0.1) is 6.04 Å². The van der Waals surface area contributed by atoms with E-state index in [1.165, 1.54) is 12.1 Å². The number of nitrogens with zero attached hydrogens (tertiary/aromatic N) is 2. The molecule has 1 aliphatic rings. The van der Waals surface area contributed by atoms with Gasteiger partial charge in [0, 0.05) is 24.6 Å². The van der Waals surface area contributed by atoms with Gasteiger partial charge in [0.1, 0.15) is 10.3 Å². The predicted molar refractivity (Wildman–Crippen MR) is 96.6 cm³/mol. The third-order valence-electron chi connectivity index (χ3n) is 4.33. The molecule has 3 rings (SSSR count). The van der Waals surface area contributed by atoms with Gasteiger partial charge in [-0.15, -0.1) is 0 Å². The van der Waals surface area contributed by atoms with E-state index in [4.69, 9.17) is 23.2 Å². The number of rotatable bonds is 4. The molecule has 2 heterocycles. The lowest BCUT2D eigenvalue weighted by Crippen LogP contribution is -2.43. The number of halogens is 2. The molecule has 2 unspecified atom stereocenters. The zero-order chi connectivity index (χ0) is 18.0. The molecule has 7 heteroatoms. The first-order valence-corrected chi connectivity index (χ1v) is 8.67. The Morgan fingerprint density at radius 3 is 2.52 bits per heavy atom. The summed E-state index contributed by atoms with van der Waals surface area (Å²) in [6, 6.07) is 12.3. The average molecular weight is 378 g/mol. The van der Waals surface area contributed by atoms with E-state index in [0.29, 0.717) is 12.1 Å². The molecule has 5 nitrogen and oxygen atoms in total. The van der Waals surface area contributed by atoms with E-state index in [1.54, 1.807) is 4.90 Å². The Hall–Kier alpha value is -2.11. The fourth-order valence-corrected chi connectivity index (χ4v) is 3.41. The van der Waals surface area contributed by atoms with Gasteiger partial charge in [0.25, 0.3) is 5.91 Å². The second kappa shape index (κ2) is 7.42. The smallest absolute Gasteiger partial charge is 0.251 e. The van der Waals surface area contributed by atoms with Crippen molar-refractivity contribution in [3.8, 4) is 0 Å². The van der Waals surface area contributed by atoms with E-state index in [1.807, 2.05) is 37.3 Å². The average Bonchev–Trinajstić information content (AvgIpc) is 2.82. The molecule has 2 atom stereocenters. The lowest BCUT2D eigenvalue weighted by Gasteiger charge is -2.25. The summed E-state index contributed by atoms with van der Waals surface area (Å²) in [5.41, 5.74) is 1.38. The zero-order valence-corrected chi connectivity index (χ0v) is 15.1. The highest BCUT2D eigenvalue weighted by atomic mass is 35.5. The van der Waals surface area contributed by atoms with Crippen LogP contribution in [0.3, 0.4) is 0 Å². The number of likely N-dealkylation sites (tertiary alicyclic amines) is 1. The number of hydrogen-bond donors (Lipinski definition) is 1. The van der Waals surface area contributed by atoms with Crippen LogP contribution in [0.1, 0.15) is 29.3 Å². The highest BCUT2D eigenvalue weighted by molar-refractivity contribution is 6.33. The Labute approximate surface area is 155 Å². The normalized spacial score (nSPS) is 20.0. The maximum absolute atomic E-state index is 12.4. The SMILES string of the molecule is CC1C(NC(=O)c2cc(Cl)nc(Cl)c2)CC(=O)N1Cc1ccccc1. The summed E-state index contributed by atoms with van der Waals surface area (Å²) in [6.07, 6.45) is 0.270. The van der Waals surface area contributed by atoms with Gasteiger partial charge in [0.2, 0.25) is 5.91 Å². The second-order valence-corrected chi connectivity index (χ2v) is 6.81. The summed E-state index contributed by atoms with van der Waals surface area (Å²) in [6.45, 7) is 2.46. The van der Waals surface area contributed by atoms with Crippen molar-refractivity contribution in [3.05, 3.63) is 63.9 Å². The molecule has 130 valence electrons. The second-order valence-electron chi connectivity index (χ2n) is 6.03. The van der Waals surface area contributed by atoms with Crippen LogP contribution >= 0.6 is 23.2 Å². The van der Waals surface area contributed by atoms with E-state index < -0.39 is 0 Å². The molecule has 1 aromatic carbocycles. The molecule has 0 radical (unpaired) electrons. The molecule has 1 aromatic heterocycles. The van der Waals surface area contributed by atoms with Crippen molar-refractivity contribution in [3.63, 3.8) is 0 Å². The Balaban J connectivity index is 1.69. The number of carbonyl (C=O) groups is 2. The maximum atomic E-state index is 12.4. The molecule has 25 heavy (non-hydrogen) atoms. The number of nitrogens with one attached hydrogen (secondary N) is 1. The van der Waals surface area contributed by atoms with Crippen LogP contribution in [-0.4, -0.2) is 33.8 Å². The van der Waals surface area contributed by atoms with Gasteiger partial charge in [-0.1, -0.05) is 53.5 Å². The van der Waals surface area contributed by atoms with Crippen molar-refractivity contribution >= 4 is 35.0 Å². The first-order chi connectivity index (χ1) is 11.9. The monoisotopic (exact) mass is 377 g/mol. The molecular formula is C18H17Cl2N3O2. The first kappa shape index (κ1) is 17.7. The number of aromatic nitrogens is 1. The van der Waals surface area contributed by atoms with Crippen LogP contribution in [0.2, 0.25) is 10.3 Å². The van der Waals surface area contributed by atoms with Gasteiger partial charge < -0.3 is 10.2 Å². The Kier molecular flexibility index (Phi) is 5.25. The fourth-order valence-electron chi connectivity index (χ4n) is 2.95. The van der Waals surface area contributed by atoms with E-state index in [0.717, 1.165) is 5.56 Å². The third-order valence-corrected chi connectivity index (χ3v) is 4.71. The van der Waals surface area contributed by atoms with Crippen molar-refractivity contribution in [2.75, 3.05) is 0 Å². The van der Waals surface area contributed by atoms with Crippen molar-refractivity contribution in [1.29, 1.82) is 0 Å². The quantitative estimate of drug-likeness (QED) is 0.831. The van der Waals surface area contributed by atoms with E-state index in [-0.39, 0.29) is 40.6 Å². The van der Waals surface area contributed by atoms with Crippen LogP contribution < -0.4 is 5.32 Å². The number of hydrogen-bond acceptors (Lipinski definition) is 3. The van der Waals surface area contributed by atoms with Crippen LogP contribution in [0, 0.1) is 0 Å². The number of amides is 2. The van der Waals surface area contributed by atoms with Crippen molar-refractivity contribution in [2.45, 2.75) is 32.0 Å². The predicted octanol–water partition coefficient (Wildman–Crippen LogP) is 3.31. The van der Waals surface area contributed by atoms with Crippen LogP contribution in [0.25, 0.3) is 0 Å². The minimum atomic E-state index is -0.322. The minimum Gasteiger partial charge on any atom is -0.347 e. The van der Waals surface area contributed by atoms with Gasteiger partial charge >= 0.3 is 0 Å². The Bertz CT molecular complexity index is 778. The molecule has 2 aromatic rings. The molecule has 1 aliphatic heterocycles. The molecule has 0 spiro atoms. The zero-order valence-electron chi connectivity index (χ0n) is 13.6. The van der Waals surface area contributed by atoms with Gasteiger partial charge in [-0.3, -0.25) is 9.59 Å². The molecule has 0 aliphatic carbocycles. The number of carbonyl (C=O) groups excluding carboxylic acids is 2. The maximum Gasteiger partial charge on any atom is 0.251 e. The topological polar surface area (TPSA) is 62.3 Å². The fraction of sp³-hybridized carbons (Fsp3) is 0.278. The molecule has 0 bridgehead atoms. The standard InChI is InChI=1S/C18H17Cl2N3O2/c1-11-14(21-18(25)13-7-15(19)22-16(20)8-13)9-17(24)23(11)10-12-5-3-2-4-6-12/h2-8,11,14H,9-10H2,1H3,(H,21,25). The molecule has 1 saturated heterocycles. The lowest BCUT2D eigenvalue weighted by atomic mass is 10.1. The lowest BCUT2D eigenvalue weighted by molar-refractivity contribution is -0.129. The highest BCUT2D eigenvalue weighted by Gasteiger charge is 2.37. The highest BCUT2D eigenvalue weighted by Crippen LogP contribution is 2.23. The summed E-state index contributed by atoms with van der Waals surface area (Å²) in [4.78, 5) is 30.4. The summed E-state index contributed by atoms with van der Waals surface area (Å²) < 4.78 is 0. The largest absolute Gasteiger partial charge is 0.347 e. The summed E-state index contributed by atoms with van der Waals surface area (Å²) in [5, 5.41) is 3.20. The minimum absolute atomic E-state index is 0.0208. The van der Waals surface area contributed by atoms with Gasteiger partial charge in [0.15, 0.2) is 0 Å². The van der Waals surface area contributed by atoms with E-state index >= 15 is 0 Å². The van der Waals surface area contributed by atoms with E-state index in [2.05, 4.69) is 10.3 Å². The Morgan fingerprint density at radius 2 is 1.88 bits per heavy atom. The summed E-state index contributed by atoms with van der Waals surface area (Å²) in [7, 11) is 0. The molecule has 0 saturated carbocycles. The summed E-state index contributed by atoms with van der Waals surface area (Å²) >= 11 is 11.7. The van der Waals surface area contributed by atoms with Gasteiger partial charge in [-0.05, 0) is 24.6 Å².